The molecule has 4 rings (SSSR count). The quantitative estimate of drug-likeness (QED) is 0.228. The molecule has 2 aromatic heterocycles. The second kappa shape index (κ2) is 11.1. The molecule has 1 aromatic carbocycles. The molecule has 190 valence electrons. The zero-order valence-electron chi connectivity index (χ0n) is 19.4. The first kappa shape index (κ1) is 25.7. The number of rotatable bonds is 10. The Labute approximate surface area is 213 Å². The monoisotopic (exact) mass is 534 g/mol. The van der Waals surface area contributed by atoms with E-state index in [0.717, 1.165) is 22.9 Å². The van der Waals surface area contributed by atoms with Crippen LogP contribution in [0.3, 0.4) is 0 Å². The Hall–Kier alpha value is -3.36. The summed E-state index contributed by atoms with van der Waals surface area (Å²) < 4.78 is 23.5. The fraction of sp³-hybridized carbons (Fsp3) is 0.409. The van der Waals surface area contributed by atoms with Gasteiger partial charge in [-0.3, -0.25) is 14.9 Å². The Morgan fingerprint density at radius 1 is 1.03 bits per heavy atom. The van der Waals surface area contributed by atoms with Crippen molar-refractivity contribution in [2.24, 2.45) is 0 Å². The normalized spacial score (nSPS) is 16.5. The minimum absolute atomic E-state index is 0.0483. The number of nitrogens with one attached hydrogen (secondary N) is 2. The lowest BCUT2D eigenvalue weighted by atomic mass is 10.1. The molecule has 1 saturated heterocycles. The van der Waals surface area contributed by atoms with E-state index in [-0.39, 0.29) is 23.3 Å². The summed E-state index contributed by atoms with van der Waals surface area (Å²) in [5.41, 5.74) is 0.579. The van der Waals surface area contributed by atoms with Crippen LogP contribution in [0.1, 0.15) is 42.3 Å². The van der Waals surface area contributed by atoms with Gasteiger partial charge in [-0.05, 0) is 30.5 Å². The van der Waals surface area contributed by atoms with E-state index in [1.54, 1.807) is 26.0 Å². The number of benzene rings is 1. The SMILES string of the molecule is CC1(C)OC(=O)[C@@H](C(=O)Nc2nnc(CCCCc3nnc(NC(=O)Cc4cccc(F)c4)s3)s2)O1. The first-order valence-electron chi connectivity index (χ1n) is 11.1. The lowest BCUT2D eigenvalue weighted by molar-refractivity contribution is -0.162. The molecule has 14 heteroatoms. The summed E-state index contributed by atoms with van der Waals surface area (Å²) in [6.45, 7) is 3.10. The van der Waals surface area contributed by atoms with Gasteiger partial charge in [0.05, 0.1) is 6.42 Å². The molecule has 0 unspecified atom stereocenters. The average molecular weight is 535 g/mol. The van der Waals surface area contributed by atoms with Crippen molar-refractivity contribution >= 4 is 50.7 Å². The predicted octanol–water partition coefficient (Wildman–Crippen LogP) is 2.89. The van der Waals surface area contributed by atoms with Gasteiger partial charge in [0.15, 0.2) is 0 Å². The van der Waals surface area contributed by atoms with Gasteiger partial charge < -0.3 is 14.8 Å². The Kier molecular flexibility index (Phi) is 7.96. The second-order valence-electron chi connectivity index (χ2n) is 8.37. The number of unbranched alkanes of at least 4 members (excludes halogenated alkanes) is 1. The number of carbonyl (C=O) groups excluding carboxylic acids is 3. The number of ether oxygens (including phenoxy) is 2. The molecule has 1 aliphatic heterocycles. The Bertz CT molecular complexity index is 1260. The third kappa shape index (κ3) is 7.08. The molecule has 1 atom stereocenters. The summed E-state index contributed by atoms with van der Waals surface area (Å²) in [5, 5.41) is 23.5. The van der Waals surface area contributed by atoms with E-state index in [4.69, 9.17) is 9.47 Å². The maximum atomic E-state index is 13.3. The van der Waals surface area contributed by atoms with E-state index in [9.17, 15) is 18.8 Å². The highest BCUT2D eigenvalue weighted by Crippen LogP contribution is 2.25. The highest BCUT2D eigenvalue weighted by atomic mass is 32.1. The zero-order valence-corrected chi connectivity index (χ0v) is 21.1. The molecule has 2 N–H and O–H groups in total. The number of aryl methyl sites for hydroxylation is 2. The van der Waals surface area contributed by atoms with Crippen molar-refractivity contribution in [3.05, 3.63) is 45.7 Å². The molecule has 0 spiro atoms. The van der Waals surface area contributed by atoms with Gasteiger partial charge >= 0.3 is 5.97 Å². The highest BCUT2D eigenvalue weighted by Gasteiger charge is 2.45. The number of nitrogens with zero attached hydrogens (tertiary/aromatic N) is 4. The number of esters is 1. The molecule has 0 radical (unpaired) electrons. The van der Waals surface area contributed by atoms with E-state index in [1.807, 2.05) is 0 Å². The Balaban J connectivity index is 1.17. The summed E-state index contributed by atoms with van der Waals surface area (Å²) >= 11 is 2.52. The van der Waals surface area contributed by atoms with Gasteiger partial charge in [0.25, 0.3) is 5.91 Å². The topological polar surface area (TPSA) is 145 Å². The van der Waals surface area contributed by atoms with Crippen LogP contribution in [0, 0.1) is 5.82 Å². The minimum Gasteiger partial charge on any atom is -0.431 e. The summed E-state index contributed by atoms with van der Waals surface area (Å²) in [7, 11) is 0. The molecule has 0 aliphatic carbocycles. The molecule has 0 bridgehead atoms. The number of carbonyl (C=O) groups is 3. The summed E-state index contributed by atoms with van der Waals surface area (Å²) in [4.78, 5) is 36.2. The molecule has 3 heterocycles. The predicted molar refractivity (Wildman–Crippen MR) is 129 cm³/mol. The van der Waals surface area contributed by atoms with E-state index in [1.165, 1.54) is 34.8 Å². The van der Waals surface area contributed by atoms with Crippen molar-refractivity contribution in [1.82, 2.24) is 20.4 Å². The largest absolute Gasteiger partial charge is 0.431 e. The number of cyclic esters (lactones) is 1. The summed E-state index contributed by atoms with van der Waals surface area (Å²) in [5.74, 6) is -3.21. The number of aromatic nitrogens is 4. The molecule has 0 saturated carbocycles. The van der Waals surface area contributed by atoms with E-state index >= 15 is 0 Å². The van der Waals surface area contributed by atoms with E-state index in [0.29, 0.717) is 23.5 Å². The number of hydrogen-bond acceptors (Lipinski definition) is 11. The average Bonchev–Trinajstić information content (AvgIpc) is 3.50. The van der Waals surface area contributed by atoms with Crippen molar-refractivity contribution < 1.29 is 28.2 Å². The van der Waals surface area contributed by atoms with Crippen LogP contribution in [0.25, 0.3) is 0 Å². The lowest BCUT2D eigenvalue weighted by Gasteiger charge is -2.14. The van der Waals surface area contributed by atoms with Crippen LogP contribution in [0.15, 0.2) is 24.3 Å². The van der Waals surface area contributed by atoms with Gasteiger partial charge in [0.2, 0.25) is 28.1 Å². The molecule has 1 aliphatic rings. The number of anilines is 2. The third-order valence-electron chi connectivity index (χ3n) is 4.90. The van der Waals surface area contributed by atoms with E-state index < -0.39 is 23.8 Å². The molecule has 36 heavy (non-hydrogen) atoms. The van der Waals surface area contributed by atoms with Gasteiger partial charge in [-0.2, -0.15) is 0 Å². The van der Waals surface area contributed by atoms with Gasteiger partial charge in [0.1, 0.15) is 15.8 Å². The van der Waals surface area contributed by atoms with Crippen molar-refractivity contribution in [2.45, 2.75) is 57.8 Å². The highest BCUT2D eigenvalue weighted by molar-refractivity contribution is 7.15. The number of halogens is 1. The summed E-state index contributed by atoms with van der Waals surface area (Å²) in [6.07, 6.45) is 1.65. The van der Waals surface area contributed by atoms with Gasteiger partial charge in [-0.1, -0.05) is 34.8 Å². The number of hydrogen-bond donors (Lipinski definition) is 2. The van der Waals surface area contributed by atoms with Crippen molar-refractivity contribution in [1.29, 1.82) is 0 Å². The molecule has 3 aromatic rings. The Morgan fingerprint density at radius 2 is 1.67 bits per heavy atom. The van der Waals surface area contributed by atoms with Crippen molar-refractivity contribution in [2.75, 3.05) is 10.6 Å². The maximum absolute atomic E-state index is 13.3. The molecular formula is C22H23FN6O5S2. The fourth-order valence-electron chi connectivity index (χ4n) is 3.34. The van der Waals surface area contributed by atoms with E-state index in [2.05, 4.69) is 31.0 Å². The van der Waals surface area contributed by atoms with Crippen LogP contribution < -0.4 is 10.6 Å². The molecule has 2 amide bonds. The zero-order chi connectivity index (χ0) is 25.7. The van der Waals surface area contributed by atoms with Crippen molar-refractivity contribution in [3.8, 4) is 0 Å². The van der Waals surface area contributed by atoms with Gasteiger partial charge in [-0.25, -0.2) is 9.18 Å². The molecule has 1 fully saturated rings. The maximum Gasteiger partial charge on any atom is 0.347 e. The third-order valence-corrected chi connectivity index (χ3v) is 6.69. The van der Waals surface area contributed by atoms with Crippen LogP contribution >= 0.6 is 22.7 Å². The smallest absolute Gasteiger partial charge is 0.347 e. The van der Waals surface area contributed by atoms with Crippen LogP contribution in [-0.2, 0) is 43.1 Å². The first-order chi connectivity index (χ1) is 17.2. The van der Waals surface area contributed by atoms with Crippen LogP contribution in [0.2, 0.25) is 0 Å². The number of amides is 2. The van der Waals surface area contributed by atoms with Crippen molar-refractivity contribution in [3.63, 3.8) is 0 Å². The Morgan fingerprint density at radius 3 is 2.25 bits per heavy atom. The summed E-state index contributed by atoms with van der Waals surface area (Å²) in [6, 6.07) is 5.89. The molecular weight excluding hydrogens is 511 g/mol. The van der Waals surface area contributed by atoms with Crippen LogP contribution in [0.4, 0.5) is 14.7 Å². The molecule has 11 nitrogen and oxygen atoms in total. The minimum atomic E-state index is -1.34. The second-order valence-corrected chi connectivity index (χ2v) is 10.5. The standard InChI is InChI=1S/C22H23FN6O5S2/c1-22(2)33-17(19(32)34-22)18(31)25-21-29-27-16(36-21)9-4-3-8-15-26-28-20(35-15)24-14(30)11-12-6-5-7-13(23)10-12/h5-7,10,17H,3-4,8-9,11H2,1-2H3,(H,24,28,30)(H,25,29,31)/t17-/m1/s1. The van der Waals surface area contributed by atoms with Crippen LogP contribution in [-0.4, -0.2) is 50.1 Å². The lowest BCUT2D eigenvalue weighted by Crippen LogP contribution is -2.33. The van der Waals surface area contributed by atoms with Crippen LogP contribution in [0.5, 0.6) is 0 Å². The van der Waals surface area contributed by atoms with Gasteiger partial charge in [0, 0.05) is 26.7 Å². The van der Waals surface area contributed by atoms with Gasteiger partial charge in [-0.15, -0.1) is 20.4 Å². The first-order valence-corrected chi connectivity index (χ1v) is 12.7. The fourth-order valence-corrected chi connectivity index (χ4v) is 4.92.